The molecule has 0 amide bonds. The summed E-state index contributed by atoms with van der Waals surface area (Å²) in [6.45, 7) is 0. The van der Waals surface area contributed by atoms with E-state index in [-0.39, 0.29) is 11.3 Å². The fourth-order valence-corrected chi connectivity index (χ4v) is 2.27. The van der Waals surface area contributed by atoms with E-state index in [4.69, 9.17) is 5.11 Å². The molecule has 2 N–H and O–H groups in total. The van der Waals surface area contributed by atoms with Crippen molar-refractivity contribution in [1.82, 2.24) is 9.55 Å². The van der Waals surface area contributed by atoms with Gasteiger partial charge in [-0.1, -0.05) is 0 Å². The lowest BCUT2D eigenvalue weighted by Gasteiger charge is -2.13. The summed E-state index contributed by atoms with van der Waals surface area (Å²) in [5.74, 6) is -4.86. The van der Waals surface area contributed by atoms with E-state index in [0.717, 1.165) is 22.9 Å². The second-order valence-corrected chi connectivity index (χ2v) is 4.85. The number of benzene rings is 1. The number of carboxylic acid groups (broad SMARTS) is 1. The smallest absolute Gasteiger partial charge is 0.341 e. The van der Waals surface area contributed by atoms with Gasteiger partial charge in [0.25, 0.3) is 5.56 Å². The van der Waals surface area contributed by atoms with Crippen molar-refractivity contribution in [2.24, 2.45) is 0 Å². The summed E-state index contributed by atoms with van der Waals surface area (Å²) in [6.07, 6.45) is 0.775. The molecule has 0 radical (unpaired) electrons. The highest BCUT2D eigenvalue weighted by Gasteiger charge is 2.19. The average Bonchev–Trinajstić information content (AvgIpc) is 2.50. The summed E-state index contributed by atoms with van der Waals surface area (Å²) in [4.78, 5) is 36.8. The summed E-state index contributed by atoms with van der Waals surface area (Å²) >= 11 is 0. The molecule has 0 fully saturated rings. The Hall–Kier alpha value is -3.36. The zero-order valence-electron chi connectivity index (χ0n) is 11.6. The molecule has 24 heavy (non-hydrogen) atoms. The molecule has 0 aliphatic heterocycles. The first kappa shape index (κ1) is 15.5. The number of fused-ring (bicyclic) bond motifs is 1. The van der Waals surface area contributed by atoms with E-state index < -0.39 is 45.4 Å². The third kappa shape index (κ3) is 2.35. The lowest BCUT2D eigenvalue weighted by Crippen LogP contribution is -2.23. The standard InChI is InChI=1S/C15H7F3N2O4/c16-6-1-2-11(9(17)3-6)20-5-8(15(23)24)12(21)7-4-10(18)14(22)19-13(7)20/h1-5H,(H,19,22)(H,23,24). The molecule has 2 aromatic heterocycles. The summed E-state index contributed by atoms with van der Waals surface area (Å²) in [6, 6.07) is 3.01. The maximum Gasteiger partial charge on any atom is 0.341 e. The summed E-state index contributed by atoms with van der Waals surface area (Å²) in [5, 5.41) is 8.64. The quantitative estimate of drug-likeness (QED) is 0.746. The molecule has 0 aliphatic rings. The van der Waals surface area contributed by atoms with Gasteiger partial charge in [-0.05, 0) is 18.2 Å². The van der Waals surface area contributed by atoms with E-state index in [1.54, 1.807) is 0 Å². The molecule has 0 spiro atoms. The van der Waals surface area contributed by atoms with Crippen molar-refractivity contribution in [3.63, 3.8) is 0 Å². The van der Waals surface area contributed by atoms with Crippen LogP contribution in [0, 0.1) is 17.5 Å². The Balaban J connectivity index is 2.53. The maximum absolute atomic E-state index is 14.0. The van der Waals surface area contributed by atoms with Gasteiger partial charge in [0.05, 0.1) is 11.1 Å². The number of nitrogens with one attached hydrogen (secondary N) is 1. The topological polar surface area (TPSA) is 92.2 Å². The largest absolute Gasteiger partial charge is 0.477 e. The number of carboxylic acids is 1. The van der Waals surface area contributed by atoms with Gasteiger partial charge in [-0.3, -0.25) is 14.2 Å². The molecule has 6 nitrogen and oxygen atoms in total. The highest BCUT2D eigenvalue weighted by atomic mass is 19.1. The second kappa shape index (κ2) is 5.37. The Labute approximate surface area is 130 Å². The van der Waals surface area contributed by atoms with Crippen LogP contribution in [0.25, 0.3) is 16.7 Å². The minimum absolute atomic E-state index is 0.318. The van der Waals surface area contributed by atoms with E-state index in [9.17, 15) is 27.6 Å². The molecule has 0 unspecified atom stereocenters. The number of hydrogen-bond acceptors (Lipinski definition) is 3. The number of nitrogens with zero attached hydrogens (tertiary/aromatic N) is 1. The lowest BCUT2D eigenvalue weighted by atomic mass is 10.1. The van der Waals surface area contributed by atoms with Crippen LogP contribution in [-0.2, 0) is 0 Å². The summed E-state index contributed by atoms with van der Waals surface area (Å²) in [5.41, 5.74) is -3.64. The first-order valence-corrected chi connectivity index (χ1v) is 6.46. The number of carbonyl (C=O) groups is 1. The van der Waals surface area contributed by atoms with Crippen molar-refractivity contribution in [2.75, 3.05) is 0 Å². The minimum Gasteiger partial charge on any atom is -0.477 e. The highest BCUT2D eigenvalue weighted by Crippen LogP contribution is 2.19. The van der Waals surface area contributed by atoms with Crippen LogP contribution in [0.4, 0.5) is 13.2 Å². The molecule has 0 bridgehead atoms. The van der Waals surface area contributed by atoms with Crippen molar-refractivity contribution < 1.29 is 23.1 Å². The van der Waals surface area contributed by atoms with Crippen LogP contribution in [0.1, 0.15) is 10.4 Å². The van der Waals surface area contributed by atoms with Crippen LogP contribution in [0.15, 0.2) is 40.1 Å². The zero-order chi connectivity index (χ0) is 17.6. The minimum atomic E-state index is -1.62. The summed E-state index contributed by atoms with van der Waals surface area (Å²) < 4.78 is 41.4. The van der Waals surface area contributed by atoms with Crippen LogP contribution >= 0.6 is 0 Å². The summed E-state index contributed by atoms with van der Waals surface area (Å²) in [7, 11) is 0. The number of hydrogen-bond donors (Lipinski definition) is 2. The van der Waals surface area contributed by atoms with Gasteiger partial charge in [-0.15, -0.1) is 0 Å². The Bertz CT molecular complexity index is 1120. The van der Waals surface area contributed by atoms with Gasteiger partial charge in [-0.25, -0.2) is 18.0 Å². The molecular formula is C15H7F3N2O4. The van der Waals surface area contributed by atoms with Gasteiger partial charge in [0, 0.05) is 12.3 Å². The molecule has 2 heterocycles. The Kier molecular flexibility index (Phi) is 3.48. The number of rotatable bonds is 2. The number of aromatic carboxylic acids is 1. The van der Waals surface area contributed by atoms with Gasteiger partial charge in [0.15, 0.2) is 5.82 Å². The van der Waals surface area contributed by atoms with Crippen LogP contribution in [0.3, 0.4) is 0 Å². The van der Waals surface area contributed by atoms with Crippen LogP contribution in [0.5, 0.6) is 0 Å². The van der Waals surface area contributed by atoms with Gasteiger partial charge >= 0.3 is 5.97 Å². The SMILES string of the molecule is O=C(O)c1cn(-c2ccc(F)cc2F)c2[nH]c(=O)c(F)cc2c1=O. The Morgan fingerprint density at radius 3 is 2.42 bits per heavy atom. The molecular weight excluding hydrogens is 329 g/mol. The fourth-order valence-electron chi connectivity index (χ4n) is 2.27. The highest BCUT2D eigenvalue weighted by molar-refractivity contribution is 5.92. The predicted molar refractivity (Wildman–Crippen MR) is 77.0 cm³/mol. The van der Waals surface area contributed by atoms with Crippen LogP contribution < -0.4 is 11.0 Å². The fraction of sp³-hybridized carbons (Fsp3) is 0. The first-order chi connectivity index (χ1) is 11.3. The number of pyridine rings is 2. The van der Waals surface area contributed by atoms with Crippen LogP contribution in [0.2, 0.25) is 0 Å². The molecule has 0 atom stereocenters. The van der Waals surface area contributed by atoms with E-state index >= 15 is 0 Å². The molecule has 0 saturated heterocycles. The molecule has 3 aromatic rings. The van der Waals surface area contributed by atoms with Crippen molar-refractivity contribution >= 4 is 17.0 Å². The Morgan fingerprint density at radius 1 is 1.08 bits per heavy atom. The number of halogens is 3. The number of H-pyrrole nitrogens is 1. The van der Waals surface area contributed by atoms with Crippen LogP contribution in [-0.4, -0.2) is 20.6 Å². The number of aromatic amines is 1. The van der Waals surface area contributed by atoms with Crippen molar-refractivity contribution in [1.29, 1.82) is 0 Å². The predicted octanol–water partition coefficient (Wildman–Crippen LogP) is 1.79. The van der Waals surface area contributed by atoms with E-state index in [2.05, 4.69) is 4.98 Å². The van der Waals surface area contributed by atoms with Crippen molar-refractivity contribution in [3.05, 3.63) is 74.1 Å². The van der Waals surface area contributed by atoms with Crippen molar-refractivity contribution in [3.8, 4) is 5.69 Å². The second-order valence-electron chi connectivity index (χ2n) is 4.85. The van der Waals surface area contributed by atoms with Gasteiger partial charge in [0.1, 0.15) is 22.8 Å². The van der Waals surface area contributed by atoms with Crippen molar-refractivity contribution in [2.45, 2.75) is 0 Å². The van der Waals surface area contributed by atoms with Gasteiger partial charge in [0.2, 0.25) is 5.43 Å². The average molecular weight is 336 g/mol. The molecule has 122 valence electrons. The third-order valence-corrected chi connectivity index (χ3v) is 3.36. The van der Waals surface area contributed by atoms with Gasteiger partial charge < -0.3 is 10.1 Å². The first-order valence-electron chi connectivity index (χ1n) is 6.46. The van der Waals surface area contributed by atoms with E-state index in [1.807, 2.05) is 0 Å². The van der Waals surface area contributed by atoms with Gasteiger partial charge in [-0.2, -0.15) is 0 Å². The molecule has 9 heteroatoms. The van der Waals surface area contributed by atoms with E-state index in [0.29, 0.717) is 12.1 Å². The molecule has 0 aliphatic carbocycles. The third-order valence-electron chi connectivity index (χ3n) is 3.36. The molecule has 1 aromatic carbocycles. The molecule has 3 rings (SSSR count). The number of aromatic nitrogens is 2. The lowest BCUT2D eigenvalue weighted by molar-refractivity contribution is 0.0695. The molecule has 0 saturated carbocycles. The zero-order valence-corrected chi connectivity index (χ0v) is 11.6. The normalized spacial score (nSPS) is 11.0. The maximum atomic E-state index is 14.0. The Morgan fingerprint density at radius 2 is 1.79 bits per heavy atom. The monoisotopic (exact) mass is 336 g/mol. The van der Waals surface area contributed by atoms with E-state index in [1.165, 1.54) is 0 Å².